The lowest BCUT2D eigenvalue weighted by Gasteiger charge is -2.64. The molecule has 0 bridgehead atoms. The molecule has 0 unspecified atom stereocenters. The second kappa shape index (κ2) is 7.32. The monoisotopic (exact) mass is 446 g/mol. The zero-order chi connectivity index (χ0) is 22.9. The molecule has 4 saturated carbocycles. The van der Waals surface area contributed by atoms with Crippen LogP contribution < -0.4 is 5.63 Å². The van der Waals surface area contributed by atoms with Crippen LogP contribution in [-0.4, -0.2) is 39.3 Å². The van der Waals surface area contributed by atoms with Crippen molar-refractivity contribution in [2.24, 2.45) is 28.6 Å². The summed E-state index contributed by atoms with van der Waals surface area (Å²) in [5, 5.41) is 32.2. The Morgan fingerprint density at radius 2 is 1.88 bits per heavy atom. The quantitative estimate of drug-likeness (QED) is 0.590. The molecule has 0 amide bonds. The largest absolute Gasteiger partial charge is 0.506 e. The number of carbonyl (C=O) groups is 1. The van der Waals surface area contributed by atoms with Crippen molar-refractivity contribution in [3.05, 3.63) is 34.4 Å². The summed E-state index contributed by atoms with van der Waals surface area (Å²) < 4.78 is 10.5. The second-order valence-corrected chi connectivity index (χ2v) is 11.3. The molecule has 0 aliphatic heterocycles. The lowest BCUT2D eigenvalue weighted by atomic mass is 9.43. The van der Waals surface area contributed by atoms with Crippen LogP contribution in [0, 0.1) is 28.6 Å². The van der Waals surface area contributed by atoms with Gasteiger partial charge in [-0.05, 0) is 92.1 Å². The molecule has 7 nitrogen and oxygen atoms in total. The first kappa shape index (κ1) is 22.0. The Bertz CT molecular complexity index is 937. The van der Waals surface area contributed by atoms with Gasteiger partial charge in [0.2, 0.25) is 0 Å². The van der Waals surface area contributed by atoms with E-state index in [2.05, 4.69) is 13.8 Å². The van der Waals surface area contributed by atoms with Crippen LogP contribution in [0.2, 0.25) is 0 Å². The summed E-state index contributed by atoms with van der Waals surface area (Å²) in [4.78, 5) is 23.1. The molecule has 3 N–H and O–H groups in total. The van der Waals surface area contributed by atoms with E-state index in [-0.39, 0.29) is 29.3 Å². The van der Waals surface area contributed by atoms with Crippen molar-refractivity contribution in [3.8, 4) is 0 Å². The van der Waals surface area contributed by atoms with E-state index in [0.717, 1.165) is 50.5 Å². The fourth-order valence-electron chi connectivity index (χ4n) is 8.56. The summed E-state index contributed by atoms with van der Waals surface area (Å²) >= 11 is 0. The second-order valence-electron chi connectivity index (χ2n) is 11.3. The summed E-state index contributed by atoms with van der Waals surface area (Å²) in [6.07, 6.45) is 5.36. The van der Waals surface area contributed by atoms with Crippen molar-refractivity contribution in [2.45, 2.75) is 88.9 Å². The number of rotatable bonds is 2. The minimum absolute atomic E-state index is 0.0323. The van der Waals surface area contributed by atoms with Crippen molar-refractivity contribution >= 4 is 6.16 Å². The average molecular weight is 447 g/mol. The highest BCUT2D eigenvalue weighted by Gasteiger charge is 2.72. The first-order valence-corrected chi connectivity index (χ1v) is 12.0. The molecule has 9 atom stereocenters. The van der Waals surface area contributed by atoms with Crippen LogP contribution in [0.25, 0.3) is 0 Å². The summed E-state index contributed by atoms with van der Waals surface area (Å²) in [6.45, 7) is 4.38. The third kappa shape index (κ3) is 2.93. The minimum Gasteiger partial charge on any atom is -0.450 e. The smallest absolute Gasteiger partial charge is 0.450 e. The average Bonchev–Trinajstić information content (AvgIpc) is 2.96. The minimum atomic E-state index is -1.37. The number of carboxylic acid groups (broad SMARTS) is 1. The predicted molar refractivity (Wildman–Crippen MR) is 115 cm³/mol. The van der Waals surface area contributed by atoms with Crippen molar-refractivity contribution in [1.29, 1.82) is 0 Å². The van der Waals surface area contributed by atoms with Gasteiger partial charge >= 0.3 is 11.8 Å². The van der Waals surface area contributed by atoms with Crippen LogP contribution in [-0.2, 0) is 4.74 Å². The van der Waals surface area contributed by atoms with E-state index in [0.29, 0.717) is 12.3 Å². The van der Waals surface area contributed by atoms with Gasteiger partial charge < -0.3 is 24.5 Å². The van der Waals surface area contributed by atoms with Crippen molar-refractivity contribution < 1.29 is 29.3 Å². The molecule has 1 heterocycles. The Labute approximate surface area is 187 Å². The fraction of sp³-hybridized carbons (Fsp3) is 0.760. The summed E-state index contributed by atoms with van der Waals surface area (Å²) in [7, 11) is 0. The van der Waals surface area contributed by atoms with Gasteiger partial charge in [-0.15, -0.1) is 0 Å². The van der Waals surface area contributed by atoms with Crippen molar-refractivity contribution in [2.75, 3.05) is 0 Å². The molecule has 1 aromatic rings. The number of aliphatic hydroxyl groups excluding tert-OH is 1. The molecule has 4 fully saturated rings. The Morgan fingerprint density at radius 3 is 2.56 bits per heavy atom. The Kier molecular flexibility index (Phi) is 5.02. The van der Waals surface area contributed by atoms with E-state index in [1.807, 2.05) is 0 Å². The number of hydrogen-bond acceptors (Lipinski definition) is 6. The SMILES string of the molecule is C[C@]12CC[C@H](O)C[C@H]1CC[C@@H]1[C@@H]2CC[C@]2(C)[C@H](c3ccc(=O)oc3)C[C@@H](OC(=O)O)[C@]12O. The highest BCUT2D eigenvalue weighted by Crippen LogP contribution is 2.71. The zero-order valence-corrected chi connectivity index (χ0v) is 18.8. The molecule has 0 spiro atoms. The topological polar surface area (TPSA) is 117 Å². The van der Waals surface area contributed by atoms with Crippen molar-refractivity contribution in [3.63, 3.8) is 0 Å². The standard InChI is InChI=1S/C25H34O7/c1-23-9-7-16(26)11-15(23)4-5-18-17(23)8-10-24(2)19(14-3-6-21(27)31-13-14)12-20(25(18,24)30)32-22(28)29/h3,6,13,15-20,26,30H,4-5,7-12H2,1-2H3,(H,28,29)/t15-,16+,17+,18-,19+,20-,23+,24-,25-/m1/s1. The number of aliphatic hydroxyl groups is 2. The first-order valence-electron chi connectivity index (χ1n) is 12.0. The van der Waals surface area contributed by atoms with Gasteiger partial charge in [-0.25, -0.2) is 9.59 Å². The van der Waals surface area contributed by atoms with E-state index in [4.69, 9.17) is 9.15 Å². The Morgan fingerprint density at radius 1 is 1.09 bits per heavy atom. The maximum Gasteiger partial charge on any atom is 0.506 e. The van der Waals surface area contributed by atoms with Gasteiger partial charge in [-0.1, -0.05) is 13.8 Å². The van der Waals surface area contributed by atoms with Crippen LogP contribution >= 0.6 is 0 Å². The van der Waals surface area contributed by atoms with Crippen LogP contribution in [0.5, 0.6) is 0 Å². The van der Waals surface area contributed by atoms with Gasteiger partial charge in [0.05, 0.1) is 12.4 Å². The highest BCUT2D eigenvalue weighted by atomic mass is 16.7. The number of ether oxygens (including phenoxy) is 1. The van der Waals surface area contributed by atoms with Gasteiger partial charge in [0.15, 0.2) is 0 Å². The van der Waals surface area contributed by atoms with Gasteiger partial charge in [-0.3, -0.25) is 0 Å². The molecule has 0 radical (unpaired) electrons. The molecule has 5 rings (SSSR count). The van der Waals surface area contributed by atoms with E-state index in [1.165, 1.54) is 12.3 Å². The Balaban J connectivity index is 1.56. The lowest BCUT2D eigenvalue weighted by Crippen LogP contribution is -2.65. The number of fused-ring (bicyclic) bond motifs is 5. The summed E-state index contributed by atoms with van der Waals surface area (Å²) in [5.41, 5.74) is -1.48. The van der Waals surface area contributed by atoms with Crippen LogP contribution in [0.4, 0.5) is 4.79 Å². The van der Waals surface area contributed by atoms with E-state index < -0.39 is 28.9 Å². The van der Waals surface area contributed by atoms with Gasteiger partial charge in [0.1, 0.15) is 11.7 Å². The highest BCUT2D eigenvalue weighted by molar-refractivity contribution is 5.57. The van der Waals surface area contributed by atoms with E-state index >= 15 is 0 Å². The van der Waals surface area contributed by atoms with E-state index in [9.17, 15) is 24.9 Å². The molecule has 7 heteroatoms. The molecule has 1 aromatic heterocycles. The molecular weight excluding hydrogens is 412 g/mol. The van der Waals surface area contributed by atoms with Crippen LogP contribution in [0.3, 0.4) is 0 Å². The molecule has 32 heavy (non-hydrogen) atoms. The van der Waals surface area contributed by atoms with Gasteiger partial charge in [-0.2, -0.15) is 0 Å². The number of hydrogen-bond donors (Lipinski definition) is 3. The molecular formula is C25H34O7. The Hall–Kier alpha value is -1.86. The maximum atomic E-state index is 12.5. The van der Waals surface area contributed by atoms with Gasteiger partial charge in [0.25, 0.3) is 0 Å². The molecule has 4 aliphatic carbocycles. The maximum absolute atomic E-state index is 12.5. The molecule has 0 aromatic carbocycles. The zero-order valence-electron chi connectivity index (χ0n) is 18.8. The molecule has 176 valence electrons. The first-order chi connectivity index (χ1) is 15.1. The van der Waals surface area contributed by atoms with Crippen LogP contribution in [0.15, 0.2) is 27.6 Å². The van der Waals surface area contributed by atoms with E-state index in [1.54, 1.807) is 6.07 Å². The predicted octanol–water partition coefficient (Wildman–Crippen LogP) is 3.92. The van der Waals surface area contributed by atoms with Gasteiger partial charge in [0, 0.05) is 11.5 Å². The summed E-state index contributed by atoms with van der Waals surface area (Å²) in [5.74, 6) is 0.461. The third-order valence-electron chi connectivity index (χ3n) is 10.2. The fourth-order valence-corrected chi connectivity index (χ4v) is 8.56. The normalized spacial score (nSPS) is 47.8. The molecule has 4 aliphatic rings. The van der Waals surface area contributed by atoms with Crippen LogP contribution in [0.1, 0.15) is 76.7 Å². The lowest BCUT2D eigenvalue weighted by molar-refractivity contribution is -0.234. The molecule has 0 saturated heterocycles. The third-order valence-corrected chi connectivity index (χ3v) is 10.2. The summed E-state index contributed by atoms with van der Waals surface area (Å²) in [6, 6.07) is 3.12. The van der Waals surface area contributed by atoms with Crippen molar-refractivity contribution in [1.82, 2.24) is 0 Å².